The van der Waals surface area contributed by atoms with Gasteiger partial charge < -0.3 is 14.2 Å². The number of methoxy groups -OCH3 is 1. The van der Waals surface area contributed by atoms with Crippen molar-refractivity contribution < 1.29 is 32.8 Å². The Labute approximate surface area is 228 Å². The zero-order valence-corrected chi connectivity index (χ0v) is 24.8. The average molecular weight is 549 g/mol. The molecule has 0 aromatic heterocycles. The molecule has 0 saturated heterocycles. The molecule has 0 heterocycles. The molecule has 0 spiro atoms. The van der Waals surface area contributed by atoms with E-state index in [1.165, 1.54) is 12.7 Å². The van der Waals surface area contributed by atoms with Crippen LogP contribution >= 0.6 is 0 Å². The van der Waals surface area contributed by atoms with Gasteiger partial charge in [-0.05, 0) is 40.0 Å². The van der Waals surface area contributed by atoms with Gasteiger partial charge in [0.1, 0.15) is 13.2 Å². The number of aryl methyl sites for hydroxylation is 1. The molecule has 0 amide bonds. The van der Waals surface area contributed by atoms with Gasteiger partial charge in [-0.2, -0.15) is 0 Å². The molecule has 2 aromatic carbocycles. The van der Waals surface area contributed by atoms with Gasteiger partial charge in [-0.1, -0.05) is 89.6 Å². The van der Waals surface area contributed by atoms with E-state index in [0.717, 1.165) is 5.56 Å². The molecule has 0 saturated carbocycles. The quantitative estimate of drug-likeness (QED) is 0.233. The zero-order valence-electron chi connectivity index (χ0n) is 24.0. The fourth-order valence-corrected chi connectivity index (χ4v) is 3.71. The summed E-state index contributed by atoms with van der Waals surface area (Å²) >= 11 is 0. The second-order valence-electron chi connectivity index (χ2n) is 9.58. The second kappa shape index (κ2) is 18.2. The topological polar surface area (TPSA) is 96.0 Å². The minimum absolute atomic E-state index is 0.00463. The SMILES string of the molecule is C=S(=O)(CCOC(=O)C(C)C)c1ccccc1.COC(=O)C(C)C.Cc1ccc(COC(=O)C(C)C)cc1. The maximum atomic E-state index is 12.2. The first kappa shape index (κ1) is 34.9. The molecule has 38 heavy (non-hydrogen) atoms. The predicted molar refractivity (Wildman–Crippen MR) is 153 cm³/mol. The minimum atomic E-state index is -2.36. The van der Waals surface area contributed by atoms with E-state index < -0.39 is 9.52 Å². The Morgan fingerprint density at radius 1 is 0.763 bits per heavy atom. The van der Waals surface area contributed by atoms with Gasteiger partial charge in [0.05, 0.1) is 30.6 Å². The molecule has 0 aliphatic heterocycles. The summed E-state index contributed by atoms with van der Waals surface area (Å²) in [7, 11) is -0.968. The lowest BCUT2D eigenvalue weighted by atomic mass is 10.2. The van der Waals surface area contributed by atoms with Crippen molar-refractivity contribution in [2.24, 2.45) is 17.8 Å². The maximum Gasteiger partial charge on any atom is 0.308 e. The van der Waals surface area contributed by atoms with E-state index in [1.807, 2.05) is 63.2 Å². The summed E-state index contributed by atoms with van der Waals surface area (Å²) in [5.41, 5.74) is 2.24. The normalized spacial score (nSPS) is 11.9. The van der Waals surface area contributed by atoms with Crippen LogP contribution in [0.3, 0.4) is 0 Å². The van der Waals surface area contributed by atoms with Crippen molar-refractivity contribution in [2.45, 2.75) is 60.0 Å². The Kier molecular flexibility index (Phi) is 16.7. The van der Waals surface area contributed by atoms with Crippen molar-refractivity contribution in [3.63, 3.8) is 0 Å². The molecule has 0 aliphatic rings. The summed E-state index contributed by atoms with van der Waals surface area (Å²) in [5, 5.41) is 0. The van der Waals surface area contributed by atoms with Crippen LogP contribution in [0.15, 0.2) is 59.5 Å². The molecule has 212 valence electrons. The highest BCUT2D eigenvalue weighted by molar-refractivity contribution is 8.00. The summed E-state index contributed by atoms with van der Waals surface area (Å²) in [5.74, 6) is 3.20. The number of ether oxygens (including phenoxy) is 3. The van der Waals surface area contributed by atoms with Crippen LogP contribution in [0.2, 0.25) is 0 Å². The first-order valence-corrected chi connectivity index (χ1v) is 14.5. The smallest absolute Gasteiger partial charge is 0.308 e. The Bertz CT molecular complexity index is 1070. The van der Waals surface area contributed by atoms with Crippen LogP contribution in [0.1, 0.15) is 52.7 Å². The third kappa shape index (κ3) is 15.2. The fraction of sp³-hybridized carbons (Fsp3) is 0.467. The van der Waals surface area contributed by atoms with E-state index in [-0.39, 0.29) is 48.0 Å². The molecule has 2 rings (SSSR count). The lowest BCUT2D eigenvalue weighted by molar-refractivity contribution is -0.149. The maximum absolute atomic E-state index is 12.2. The van der Waals surface area contributed by atoms with Gasteiger partial charge in [-0.15, -0.1) is 0 Å². The number of carbonyl (C=O) groups is 3. The Morgan fingerprint density at radius 2 is 1.24 bits per heavy atom. The van der Waals surface area contributed by atoms with Crippen LogP contribution < -0.4 is 0 Å². The highest BCUT2D eigenvalue weighted by atomic mass is 32.2. The summed E-state index contributed by atoms with van der Waals surface area (Å²) in [6, 6.07) is 17.0. The van der Waals surface area contributed by atoms with E-state index >= 15 is 0 Å². The molecule has 1 unspecified atom stereocenters. The Hall–Kier alpha value is -3.13. The highest BCUT2D eigenvalue weighted by Gasteiger charge is 2.11. The van der Waals surface area contributed by atoms with Crippen LogP contribution in [-0.4, -0.2) is 47.5 Å². The van der Waals surface area contributed by atoms with Gasteiger partial charge in [0.2, 0.25) is 0 Å². The average Bonchev–Trinajstić information content (AvgIpc) is 2.88. The summed E-state index contributed by atoms with van der Waals surface area (Å²) in [6.45, 7) is 13.3. The number of carbonyl (C=O) groups excluding carboxylic acids is 3. The van der Waals surface area contributed by atoms with E-state index in [9.17, 15) is 18.6 Å². The van der Waals surface area contributed by atoms with Crippen molar-refractivity contribution in [1.82, 2.24) is 0 Å². The first-order chi connectivity index (χ1) is 17.7. The number of benzene rings is 2. The molecule has 8 heteroatoms. The van der Waals surface area contributed by atoms with E-state index in [4.69, 9.17) is 9.47 Å². The molecule has 0 N–H and O–H groups in total. The van der Waals surface area contributed by atoms with Crippen molar-refractivity contribution >= 4 is 33.3 Å². The first-order valence-electron chi connectivity index (χ1n) is 12.6. The van der Waals surface area contributed by atoms with Crippen molar-refractivity contribution in [2.75, 3.05) is 19.5 Å². The van der Waals surface area contributed by atoms with Gasteiger partial charge in [0, 0.05) is 4.90 Å². The predicted octanol–water partition coefficient (Wildman–Crippen LogP) is 5.47. The van der Waals surface area contributed by atoms with E-state index in [1.54, 1.807) is 39.8 Å². The lowest BCUT2D eigenvalue weighted by Crippen LogP contribution is -2.18. The molecular weight excluding hydrogens is 504 g/mol. The monoisotopic (exact) mass is 548 g/mol. The molecule has 2 aromatic rings. The number of hydrogen-bond donors (Lipinski definition) is 0. The molecule has 0 radical (unpaired) electrons. The Balaban J connectivity index is 0.000000587. The molecule has 7 nitrogen and oxygen atoms in total. The third-order valence-electron chi connectivity index (χ3n) is 4.95. The number of esters is 3. The van der Waals surface area contributed by atoms with Crippen molar-refractivity contribution in [1.29, 1.82) is 0 Å². The van der Waals surface area contributed by atoms with Crippen LogP contribution in [0, 0.1) is 24.7 Å². The largest absolute Gasteiger partial charge is 0.469 e. The Morgan fingerprint density at radius 3 is 1.66 bits per heavy atom. The van der Waals surface area contributed by atoms with Crippen LogP contribution in [0.4, 0.5) is 0 Å². The minimum Gasteiger partial charge on any atom is -0.469 e. The number of rotatable bonds is 9. The van der Waals surface area contributed by atoms with Gasteiger partial charge in [0.15, 0.2) is 0 Å². The molecule has 0 fully saturated rings. The van der Waals surface area contributed by atoms with Gasteiger partial charge in [0.25, 0.3) is 0 Å². The van der Waals surface area contributed by atoms with Crippen molar-refractivity contribution in [3.8, 4) is 0 Å². The molecular formula is C30H44O7S. The van der Waals surface area contributed by atoms with Crippen molar-refractivity contribution in [3.05, 3.63) is 65.7 Å². The highest BCUT2D eigenvalue weighted by Crippen LogP contribution is 2.10. The molecule has 0 bridgehead atoms. The van der Waals surface area contributed by atoms with E-state index in [2.05, 4.69) is 10.6 Å². The molecule has 0 aliphatic carbocycles. The van der Waals surface area contributed by atoms with Crippen LogP contribution in [0.5, 0.6) is 0 Å². The van der Waals surface area contributed by atoms with Gasteiger partial charge in [-0.3, -0.25) is 18.6 Å². The third-order valence-corrected chi connectivity index (χ3v) is 6.90. The molecule has 1 atom stereocenters. The van der Waals surface area contributed by atoms with Crippen LogP contribution in [-0.2, 0) is 44.7 Å². The van der Waals surface area contributed by atoms with Crippen LogP contribution in [0.25, 0.3) is 0 Å². The van der Waals surface area contributed by atoms with Gasteiger partial charge in [-0.25, -0.2) is 0 Å². The fourth-order valence-electron chi connectivity index (χ4n) is 2.47. The second-order valence-corrected chi connectivity index (χ2v) is 12.1. The summed E-state index contributed by atoms with van der Waals surface area (Å²) in [6.07, 6.45) is 0. The van der Waals surface area contributed by atoms with E-state index in [0.29, 0.717) is 11.5 Å². The summed E-state index contributed by atoms with van der Waals surface area (Å²) < 4.78 is 26.7. The standard InChI is InChI=1S/C13H18O3S.C12H16O2.C5H10O2/c1-11(2)13(14)16-9-10-17(3,15)12-7-5-4-6-8-12;1-9(2)12(13)14-8-11-6-4-10(3)5-7-11;1-4(2)5(6)7-3/h4-8,11H,3,9-10H2,1-2H3;4-7,9H,8H2,1-3H3;4H,1-3H3. The van der Waals surface area contributed by atoms with Gasteiger partial charge >= 0.3 is 17.9 Å². The number of hydrogen-bond acceptors (Lipinski definition) is 7. The summed E-state index contributed by atoms with van der Waals surface area (Å²) in [4.78, 5) is 33.4. The zero-order chi connectivity index (χ0) is 29.3. The lowest BCUT2D eigenvalue weighted by Gasteiger charge is -2.11.